The van der Waals surface area contributed by atoms with E-state index in [1.54, 1.807) is 6.07 Å². The molecule has 0 aliphatic carbocycles. The molecule has 8 heteroatoms. The maximum atomic E-state index is 13.0. The average Bonchev–Trinajstić information content (AvgIpc) is 3.08. The molecule has 1 atom stereocenters. The fraction of sp³-hybridized carbons (Fsp3) is 0.250. The van der Waals surface area contributed by atoms with Gasteiger partial charge in [-0.15, -0.1) is 0 Å². The van der Waals surface area contributed by atoms with Gasteiger partial charge >= 0.3 is 0 Å². The molecule has 5 rings (SSSR count). The number of aromatic amines is 1. The van der Waals surface area contributed by atoms with Crippen molar-refractivity contribution in [3.63, 3.8) is 0 Å². The molecule has 2 N–H and O–H groups in total. The average molecular weight is 428 g/mol. The third kappa shape index (κ3) is 3.48. The van der Waals surface area contributed by atoms with Crippen molar-refractivity contribution in [1.82, 2.24) is 30.0 Å². The van der Waals surface area contributed by atoms with Gasteiger partial charge in [0.25, 0.3) is 5.56 Å². The Morgan fingerprint density at radius 3 is 2.59 bits per heavy atom. The van der Waals surface area contributed by atoms with E-state index in [9.17, 15) is 9.59 Å². The van der Waals surface area contributed by atoms with Crippen molar-refractivity contribution in [3.05, 3.63) is 87.7 Å². The van der Waals surface area contributed by atoms with Gasteiger partial charge in [-0.05, 0) is 38.1 Å². The Balaban J connectivity index is 1.54. The zero-order valence-corrected chi connectivity index (χ0v) is 18.0. The molecule has 0 radical (unpaired) electrons. The molecule has 1 fully saturated rings. The molecule has 0 bridgehead atoms. The second kappa shape index (κ2) is 8.05. The Morgan fingerprint density at radius 1 is 1.03 bits per heavy atom. The molecule has 1 aliphatic rings. The fourth-order valence-corrected chi connectivity index (χ4v) is 4.47. The number of amides is 1. The monoisotopic (exact) mass is 428 g/mol. The Morgan fingerprint density at radius 2 is 1.78 bits per heavy atom. The van der Waals surface area contributed by atoms with Crippen LogP contribution in [0.2, 0.25) is 0 Å². The van der Waals surface area contributed by atoms with Crippen LogP contribution in [0.3, 0.4) is 0 Å². The summed E-state index contributed by atoms with van der Waals surface area (Å²) in [5, 5.41) is 8.26. The second-order valence-electron chi connectivity index (χ2n) is 8.03. The molecule has 1 saturated heterocycles. The minimum atomic E-state index is -0.516. The number of carbonyl (C=O) groups is 1. The van der Waals surface area contributed by atoms with Gasteiger partial charge in [0.15, 0.2) is 0 Å². The molecular weight excluding hydrogens is 404 g/mol. The van der Waals surface area contributed by atoms with Crippen molar-refractivity contribution < 1.29 is 4.79 Å². The van der Waals surface area contributed by atoms with Crippen molar-refractivity contribution in [1.29, 1.82) is 0 Å². The lowest BCUT2D eigenvalue weighted by Crippen LogP contribution is -2.50. The molecule has 2 aromatic carbocycles. The summed E-state index contributed by atoms with van der Waals surface area (Å²) in [6.45, 7) is 5.45. The lowest BCUT2D eigenvalue weighted by Gasteiger charge is -2.35. The maximum Gasteiger partial charge on any atom is 0.258 e. The molecule has 0 spiro atoms. The van der Waals surface area contributed by atoms with Crippen LogP contribution in [0.25, 0.3) is 16.6 Å². The van der Waals surface area contributed by atoms with Crippen molar-refractivity contribution >= 4 is 16.8 Å². The van der Waals surface area contributed by atoms with Crippen LogP contribution in [0.15, 0.2) is 59.4 Å². The van der Waals surface area contributed by atoms with Crippen LogP contribution in [0.1, 0.15) is 28.8 Å². The van der Waals surface area contributed by atoms with Crippen molar-refractivity contribution in [2.75, 3.05) is 13.1 Å². The number of aromatic nitrogens is 4. The molecule has 1 unspecified atom stereocenters. The minimum absolute atomic E-state index is 0.0711. The van der Waals surface area contributed by atoms with Crippen LogP contribution >= 0.6 is 0 Å². The van der Waals surface area contributed by atoms with Gasteiger partial charge in [0.1, 0.15) is 11.9 Å². The maximum absolute atomic E-state index is 13.0. The number of rotatable bonds is 4. The van der Waals surface area contributed by atoms with Crippen LogP contribution in [0.5, 0.6) is 0 Å². The highest BCUT2D eigenvalue weighted by molar-refractivity contribution is 5.84. The first-order chi connectivity index (χ1) is 15.5. The Bertz CT molecular complexity index is 1360. The largest absolute Gasteiger partial charge is 0.353 e. The minimum Gasteiger partial charge on any atom is -0.353 e. The number of carbonyl (C=O) groups excluding carboxylic acids is 1. The number of nitrogens with zero attached hydrogens (tertiary/aromatic N) is 4. The van der Waals surface area contributed by atoms with Gasteiger partial charge in [0, 0.05) is 24.3 Å². The molecule has 162 valence electrons. The summed E-state index contributed by atoms with van der Waals surface area (Å²) in [6, 6.07) is 16.6. The Hall–Kier alpha value is -3.78. The van der Waals surface area contributed by atoms with E-state index >= 15 is 0 Å². The number of para-hydroxylation sites is 2. The molecule has 2 aromatic heterocycles. The second-order valence-corrected chi connectivity index (χ2v) is 8.03. The number of hydrogen-bond donors (Lipinski definition) is 2. The van der Waals surface area contributed by atoms with E-state index in [1.807, 2.05) is 67.1 Å². The molecular formula is C24H24N6O2. The zero-order valence-electron chi connectivity index (χ0n) is 18.0. The first-order valence-corrected chi connectivity index (χ1v) is 10.6. The number of aryl methyl sites for hydroxylation is 1. The molecule has 1 aliphatic heterocycles. The van der Waals surface area contributed by atoms with Gasteiger partial charge in [-0.3, -0.25) is 14.5 Å². The first-order valence-electron chi connectivity index (χ1n) is 10.6. The van der Waals surface area contributed by atoms with Gasteiger partial charge in [-0.1, -0.05) is 30.3 Å². The predicted octanol–water partition coefficient (Wildman–Crippen LogP) is 2.40. The topological polar surface area (TPSA) is 95.9 Å². The third-order valence-electron chi connectivity index (χ3n) is 5.95. The van der Waals surface area contributed by atoms with Gasteiger partial charge in [-0.25, -0.2) is 9.67 Å². The summed E-state index contributed by atoms with van der Waals surface area (Å²) in [7, 11) is 0. The van der Waals surface area contributed by atoms with Gasteiger partial charge in [0.05, 0.1) is 28.8 Å². The highest BCUT2D eigenvalue weighted by Gasteiger charge is 2.35. The van der Waals surface area contributed by atoms with Crippen molar-refractivity contribution in [2.45, 2.75) is 26.4 Å². The number of H-pyrrole nitrogens is 1. The molecule has 1 amide bonds. The third-order valence-corrected chi connectivity index (χ3v) is 5.95. The normalized spacial score (nSPS) is 16.9. The molecule has 4 aromatic rings. The standard InChI is InChI=1S/C24H24N6O2/c1-15-21(16(2)30(28-15)17-8-4-3-5-9-17)22-24(32)25-12-13-29(22)14-20-26-19-11-7-6-10-18(19)23(31)27-20/h3-11,22H,12-14H2,1-2H3,(H,25,32)(H,26,27,31). The fourth-order valence-electron chi connectivity index (χ4n) is 4.47. The van der Waals surface area contributed by atoms with E-state index in [2.05, 4.69) is 20.2 Å². The van der Waals surface area contributed by atoms with Crippen LogP contribution in [0.4, 0.5) is 0 Å². The van der Waals surface area contributed by atoms with E-state index in [0.29, 0.717) is 36.4 Å². The summed E-state index contributed by atoms with van der Waals surface area (Å²) in [4.78, 5) is 35.1. The van der Waals surface area contributed by atoms with Gasteiger partial charge < -0.3 is 10.3 Å². The van der Waals surface area contributed by atoms with Crippen LogP contribution < -0.4 is 10.9 Å². The van der Waals surface area contributed by atoms with E-state index < -0.39 is 6.04 Å². The van der Waals surface area contributed by atoms with Crippen LogP contribution in [0, 0.1) is 13.8 Å². The number of piperazine rings is 1. The van der Waals surface area contributed by atoms with Crippen molar-refractivity contribution in [3.8, 4) is 5.69 Å². The van der Waals surface area contributed by atoms with E-state index in [1.165, 1.54) is 0 Å². The summed E-state index contributed by atoms with van der Waals surface area (Å²) in [6.07, 6.45) is 0. The quantitative estimate of drug-likeness (QED) is 0.520. The lowest BCUT2D eigenvalue weighted by molar-refractivity contribution is -0.129. The van der Waals surface area contributed by atoms with E-state index in [4.69, 9.17) is 5.10 Å². The number of fused-ring (bicyclic) bond motifs is 1. The molecule has 32 heavy (non-hydrogen) atoms. The lowest BCUT2D eigenvalue weighted by atomic mass is 10.00. The van der Waals surface area contributed by atoms with Crippen LogP contribution in [-0.4, -0.2) is 43.6 Å². The van der Waals surface area contributed by atoms with Crippen LogP contribution in [-0.2, 0) is 11.3 Å². The van der Waals surface area contributed by atoms with E-state index in [-0.39, 0.29) is 11.5 Å². The molecule has 8 nitrogen and oxygen atoms in total. The van der Waals surface area contributed by atoms with Gasteiger partial charge in [-0.2, -0.15) is 5.10 Å². The zero-order chi connectivity index (χ0) is 22.2. The molecule has 3 heterocycles. The summed E-state index contributed by atoms with van der Waals surface area (Å²) in [5.41, 5.74) is 4.03. The Labute approximate surface area is 184 Å². The smallest absolute Gasteiger partial charge is 0.258 e. The van der Waals surface area contributed by atoms with Crippen molar-refractivity contribution in [2.24, 2.45) is 0 Å². The van der Waals surface area contributed by atoms with Gasteiger partial charge in [0.2, 0.25) is 5.91 Å². The predicted molar refractivity (Wildman–Crippen MR) is 122 cm³/mol. The SMILES string of the molecule is Cc1nn(-c2ccccc2)c(C)c1C1C(=O)NCCN1Cc1nc2ccccc2c(=O)[nH]1. The highest BCUT2D eigenvalue weighted by atomic mass is 16.2. The molecule has 0 saturated carbocycles. The first kappa shape index (κ1) is 20.1. The van der Waals surface area contributed by atoms with E-state index in [0.717, 1.165) is 22.6 Å². The summed E-state index contributed by atoms with van der Waals surface area (Å²) < 4.78 is 1.88. The number of hydrogen-bond acceptors (Lipinski definition) is 5. The highest BCUT2D eigenvalue weighted by Crippen LogP contribution is 2.31. The number of benzene rings is 2. The number of nitrogens with one attached hydrogen (secondary N) is 2. The summed E-state index contributed by atoms with van der Waals surface area (Å²) >= 11 is 0. The summed E-state index contributed by atoms with van der Waals surface area (Å²) in [5.74, 6) is 0.470. The Kier molecular flexibility index (Phi) is 5.07.